The summed E-state index contributed by atoms with van der Waals surface area (Å²) in [6, 6.07) is 1.78. The number of esters is 1. The van der Waals surface area contributed by atoms with Crippen LogP contribution in [0, 0.1) is 0 Å². The van der Waals surface area contributed by atoms with Crippen LogP contribution in [0.2, 0.25) is 0 Å². The molecule has 5 heteroatoms. The summed E-state index contributed by atoms with van der Waals surface area (Å²) in [4.78, 5) is 17.5. The molecule has 0 bridgehead atoms. The first-order chi connectivity index (χ1) is 6.39. The maximum Gasteiger partial charge on any atom is 0.319 e. The van der Waals surface area contributed by atoms with Gasteiger partial charge in [0.25, 0.3) is 0 Å². The lowest BCUT2D eigenvalue weighted by atomic mass is 10.5. The Labute approximate surface area is 76.2 Å². The highest BCUT2D eigenvalue weighted by Gasteiger charge is 2.05. The van der Waals surface area contributed by atoms with Crippen molar-refractivity contribution in [2.45, 2.75) is 0 Å². The topological polar surface area (TPSA) is 64.1 Å². The molecule has 0 aliphatic carbocycles. The Hall–Kier alpha value is -1.49. The monoisotopic (exact) mass is 181 g/mol. The number of nitrogens with zero attached hydrogens (tertiary/aromatic N) is 2. The van der Waals surface area contributed by atoms with E-state index >= 15 is 0 Å². The first-order valence-electron chi connectivity index (χ1n) is 3.96. The van der Waals surface area contributed by atoms with Gasteiger partial charge in [0.2, 0.25) is 0 Å². The van der Waals surface area contributed by atoms with Crippen LogP contribution in [0.4, 0.5) is 0 Å². The van der Waals surface area contributed by atoms with E-state index in [2.05, 4.69) is 20.0 Å². The fourth-order valence-electron chi connectivity index (χ4n) is 0.732. The number of carbonyl (C=O) groups is 1. The molecule has 1 fully saturated rings. The van der Waals surface area contributed by atoms with Crippen LogP contribution in [-0.2, 0) is 9.53 Å². The predicted molar refractivity (Wildman–Crippen MR) is 45.9 cm³/mol. The molecule has 2 rings (SSSR count). The number of rotatable bonds is 0. The van der Waals surface area contributed by atoms with E-state index in [9.17, 15) is 4.79 Å². The Balaban J connectivity index is 0.000000132. The predicted octanol–water partition coefficient (Wildman–Crippen LogP) is -0.391. The van der Waals surface area contributed by atoms with Crippen molar-refractivity contribution >= 4 is 5.97 Å². The number of aromatic nitrogens is 2. The molecule has 0 saturated carbocycles. The molecule has 1 aliphatic heterocycles. The number of carbonyl (C=O) groups excluding carboxylic acids is 1. The smallest absolute Gasteiger partial charge is 0.319 e. The quantitative estimate of drug-likeness (QED) is 0.552. The van der Waals surface area contributed by atoms with E-state index in [1.807, 2.05) is 0 Å². The molecule has 2 heterocycles. The van der Waals surface area contributed by atoms with Crippen LogP contribution >= 0.6 is 0 Å². The second-order valence-electron chi connectivity index (χ2n) is 2.30. The summed E-state index contributed by atoms with van der Waals surface area (Å²) in [5, 5.41) is 2.86. The Morgan fingerprint density at radius 3 is 2.38 bits per heavy atom. The zero-order valence-electron chi connectivity index (χ0n) is 7.14. The fourth-order valence-corrected chi connectivity index (χ4v) is 0.732. The third-order valence-corrected chi connectivity index (χ3v) is 1.29. The van der Waals surface area contributed by atoms with Crippen molar-refractivity contribution in [3.05, 3.63) is 24.8 Å². The molecule has 1 aromatic heterocycles. The van der Waals surface area contributed by atoms with E-state index in [4.69, 9.17) is 0 Å². The van der Waals surface area contributed by atoms with Gasteiger partial charge in [0, 0.05) is 18.9 Å². The minimum Gasteiger partial charge on any atom is -0.463 e. The zero-order valence-corrected chi connectivity index (χ0v) is 7.14. The third kappa shape index (κ3) is 4.86. The lowest BCUT2D eigenvalue weighted by Crippen LogP contribution is -2.34. The van der Waals surface area contributed by atoms with Crippen molar-refractivity contribution in [3.8, 4) is 0 Å². The van der Waals surface area contributed by atoms with Gasteiger partial charge >= 0.3 is 5.97 Å². The van der Waals surface area contributed by atoms with Gasteiger partial charge < -0.3 is 10.1 Å². The second kappa shape index (κ2) is 6.07. The first-order valence-corrected chi connectivity index (χ1v) is 3.96. The van der Waals surface area contributed by atoms with Crippen LogP contribution in [0.25, 0.3) is 0 Å². The van der Waals surface area contributed by atoms with Gasteiger partial charge in [0.15, 0.2) is 0 Å². The first kappa shape index (κ1) is 9.60. The number of nitrogens with one attached hydrogen (secondary N) is 1. The average Bonchev–Trinajstić information content (AvgIpc) is 2.22. The Morgan fingerprint density at radius 1 is 1.38 bits per heavy atom. The molecule has 0 aromatic carbocycles. The van der Waals surface area contributed by atoms with Gasteiger partial charge in [0.05, 0.1) is 6.54 Å². The molecule has 1 saturated heterocycles. The molecule has 0 unspecified atom stereocenters. The molecule has 1 N–H and O–H groups in total. The van der Waals surface area contributed by atoms with Gasteiger partial charge in [-0.05, 0) is 6.07 Å². The molecular weight excluding hydrogens is 170 g/mol. The Bertz CT molecular complexity index is 206. The minimum atomic E-state index is -0.147. The average molecular weight is 181 g/mol. The molecule has 0 atom stereocenters. The van der Waals surface area contributed by atoms with Crippen LogP contribution in [0.3, 0.4) is 0 Å². The molecule has 0 amide bonds. The standard InChI is InChI=1S/C4H4N2.C4H7NO2/c1-2-5-4-6-3-1;6-4-3-5-1-2-7-4/h1-4H;5H,1-3H2. The van der Waals surface area contributed by atoms with Gasteiger partial charge in [-0.2, -0.15) is 0 Å². The van der Waals surface area contributed by atoms with Crippen molar-refractivity contribution in [1.82, 2.24) is 15.3 Å². The molecule has 70 valence electrons. The van der Waals surface area contributed by atoms with Crippen molar-refractivity contribution < 1.29 is 9.53 Å². The maximum atomic E-state index is 10.2. The lowest BCUT2D eigenvalue weighted by molar-refractivity contribution is -0.144. The van der Waals surface area contributed by atoms with E-state index in [1.165, 1.54) is 6.33 Å². The van der Waals surface area contributed by atoms with Gasteiger partial charge in [-0.1, -0.05) is 0 Å². The van der Waals surface area contributed by atoms with Crippen molar-refractivity contribution in [1.29, 1.82) is 0 Å². The second-order valence-corrected chi connectivity index (χ2v) is 2.30. The van der Waals surface area contributed by atoms with E-state index in [1.54, 1.807) is 18.5 Å². The van der Waals surface area contributed by atoms with Gasteiger partial charge in [-0.25, -0.2) is 9.97 Å². The largest absolute Gasteiger partial charge is 0.463 e. The summed E-state index contributed by atoms with van der Waals surface area (Å²) in [6.07, 6.45) is 4.88. The molecule has 1 aromatic rings. The molecule has 1 aliphatic rings. The lowest BCUT2D eigenvalue weighted by Gasteiger charge is -2.10. The van der Waals surface area contributed by atoms with Crippen molar-refractivity contribution in [3.63, 3.8) is 0 Å². The van der Waals surface area contributed by atoms with Crippen LogP contribution in [0.15, 0.2) is 24.8 Å². The number of hydrogen-bond donors (Lipinski definition) is 1. The highest BCUT2D eigenvalue weighted by molar-refractivity contribution is 5.72. The maximum absolute atomic E-state index is 10.2. The molecular formula is C8H11N3O2. The van der Waals surface area contributed by atoms with E-state index in [0.29, 0.717) is 13.2 Å². The van der Waals surface area contributed by atoms with Gasteiger partial charge in [-0.15, -0.1) is 0 Å². The third-order valence-electron chi connectivity index (χ3n) is 1.29. The fraction of sp³-hybridized carbons (Fsp3) is 0.375. The summed E-state index contributed by atoms with van der Waals surface area (Å²) in [6.45, 7) is 1.70. The van der Waals surface area contributed by atoms with Gasteiger partial charge in [0.1, 0.15) is 12.9 Å². The van der Waals surface area contributed by atoms with Crippen LogP contribution in [0.5, 0.6) is 0 Å². The molecule has 5 nitrogen and oxygen atoms in total. The van der Waals surface area contributed by atoms with E-state index in [-0.39, 0.29) is 5.97 Å². The summed E-state index contributed by atoms with van der Waals surface area (Å²) in [5.41, 5.74) is 0. The minimum absolute atomic E-state index is 0.147. The van der Waals surface area contributed by atoms with E-state index in [0.717, 1.165) is 6.54 Å². The zero-order chi connectivity index (χ0) is 9.36. The summed E-state index contributed by atoms with van der Waals surface area (Å²) >= 11 is 0. The van der Waals surface area contributed by atoms with Crippen molar-refractivity contribution in [2.75, 3.05) is 19.7 Å². The Kier molecular flexibility index (Phi) is 4.48. The normalized spacial score (nSPS) is 15.2. The van der Waals surface area contributed by atoms with Crippen LogP contribution in [-0.4, -0.2) is 35.6 Å². The highest BCUT2D eigenvalue weighted by atomic mass is 16.5. The summed E-state index contributed by atoms with van der Waals surface area (Å²) in [7, 11) is 0. The SMILES string of the molecule is O=C1CNCCO1.c1cncnc1. The summed E-state index contributed by atoms with van der Waals surface area (Å²) in [5.74, 6) is -0.147. The number of hydrogen-bond acceptors (Lipinski definition) is 5. The van der Waals surface area contributed by atoms with Gasteiger partial charge in [-0.3, -0.25) is 4.79 Å². The van der Waals surface area contributed by atoms with E-state index < -0.39 is 0 Å². The molecule has 0 spiro atoms. The number of ether oxygens (including phenoxy) is 1. The number of morpholine rings is 1. The highest BCUT2D eigenvalue weighted by Crippen LogP contribution is 1.80. The van der Waals surface area contributed by atoms with Crippen molar-refractivity contribution in [2.24, 2.45) is 0 Å². The molecule has 0 radical (unpaired) electrons. The van der Waals surface area contributed by atoms with Crippen LogP contribution in [0.1, 0.15) is 0 Å². The molecule has 13 heavy (non-hydrogen) atoms. The number of cyclic esters (lactones) is 1. The summed E-state index contributed by atoms with van der Waals surface area (Å²) < 4.78 is 4.58. The Morgan fingerprint density at radius 2 is 2.15 bits per heavy atom. The van der Waals surface area contributed by atoms with Crippen LogP contribution < -0.4 is 5.32 Å².